The van der Waals surface area contributed by atoms with Gasteiger partial charge in [-0.1, -0.05) is 24.3 Å². The van der Waals surface area contributed by atoms with Gasteiger partial charge in [0.1, 0.15) is 0 Å². The second kappa shape index (κ2) is 10.1. The molecule has 0 heterocycles. The van der Waals surface area contributed by atoms with E-state index in [1.165, 1.54) is 25.7 Å². The molecule has 1 aliphatic rings. The normalized spacial score (nSPS) is 22.4. The molecule has 0 nitrogen and oxygen atoms in total. The molecule has 1 heteroatoms. The molecule has 0 N–H and O–H groups in total. The molecule has 0 atom stereocenters. The summed E-state index contributed by atoms with van der Waals surface area (Å²) < 4.78 is 0. The molecule has 1 rings (SSSR count). The SMILES string of the molecule is C1=C\CC/C=C\CC/1.[CH3][Pd][CH3]. The summed E-state index contributed by atoms with van der Waals surface area (Å²) in [6, 6.07) is 0. The maximum absolute atomic E-state index is 2.27. The van der Waals surface area contributed by atoms with Gasteiger partial charge >= 0.3 is 28.8 Å². The molecule has 0 aromatic heterocycles. The maximum atomic E-state index is 2.27. The van der Waals surface area contributed by atoms with E-state index in [0.29, 0.717) is 0 Å². The quantitative estimate of drug-likeness (QED) is 0.449. The molecule has 0 saturated carbocycles. The van der Waals surface area contributed by atoms with Crippen LogP contribution in [0.15, 0.2) is 24.3 Å². The summed E-state index contributed by atoms with van der Waals surface area (Å²) in [6.07, 6.45) is 14.0. The van der Waals surface area contributed by atoms with Crippen LogP contribution in [0.3, 0.4) is 0 Å². The van der Waals surface area contributed by atoms with Gasteiger partial charge in [-0.25, -0.2) is 0 Å². The molecule has 0 spiro atoms. The van der Waals surface area contributed by atoms with Gasteiger partial charge in [0.25, 0.3) is 0 Å². The predicted octanol–water partition coefficient (Wildman–Crippen LogP) is 3.84. The van der Waals surface area contributed by atoms with E-state index in [4.69, 9.17) is 0 Å². The molecule has 68 valence electrons. The van der Waals surface area contributed by atoms with Crippen molar-refractivity contribution in [2.75, 3.05) is 0 Å². The van der Waals surface area contributed by atoms with Crippen LogP contribution in [0.1, 0.15) is 25.7 Å². The van der Waals surface area contributed by atoms with Gasteiger partial charge in [0.15, 0.2) is 0 Å². The first-order valence-corrected chi connectivity index (χ1v) is 7.04. The van der Waals surface area contributed by atoms with Gasteiger partial charge in [-0.2, -0.15) is 0 Å². The van der Waals surface area contributed by atoms with Gasteiger partial charge in [-0.3, -0.25) is 0 Å². The molecule has 0 amide bonds. The molecule has 0 saturated heterocycles. The Morgan fingerprint density at radius 3 is 1.09 bits per heavy atom. The molecule has 0 radical (unpaired) electrons. The van der Waals surface area contributed by atoms with Gasteiger partial charge < -0.3 is 0 Å². The third kappa shape index (κ3) is 10.1. The van der Waals surface area contributed by atoms with E-state index < -0.39 is 0 Å². The van der Waals surface area contributed by atoms with E-state index in [9.17, 15) is 0 Å². The van der Waals surface area contributed by atoms with Gasteiger partial charge in [0.2, 0.25) is 0 Å². The zero-order valence-corrected chi connectivity index (χ0v) is 9.01. The van der Waals surface area contributed by atoms with Crippen LogP contribution >= 0.6 is 0 Å². The molecule has 0 bridgehead atoms. The summed E-state index contributed by atoms with van der Waals surface area (Å²) in [4.78, 5) is 0. The number of rotatable bonds is 0. The number of hydrogen-bond acceptors (Lipinski definition) is 0. The molecule has 1 aliphatic carbocycles. The molecular weight excluding hydrogens is 227 g/mol. The summed E-state index contributed by atoms with van der Waals surface area (Å²) in [5.41, 5.74) is 0. The predicted molar refractivity (Wildman–Crippen MR) is 48.5 cm³/mol. The van der Waals surface area contributed by atoms with E-state index in [0.717, 1.165) is 18.0 Å². The fourth-order valence-electron chi connectivity index (χ4n) is 0.856. The van der Waals surface area contributed by atoms with Crippen LogP contribution in [-0.4, -0.2) is 0 Å². The first kappa shape index (κ1) is 11.1. The Labute approximate surface area is 78.9 Å². The van der Waals surface area contributed by atoms with Gasteiger partial charge in [0.05, 0.1) is 0 Å². The Bertz CT molecular complexity index is 88.0. The average molecular weight is 245 g/mol. The minimum absolute atomic E-state index is 0.950. The third-order valence-electron chi connectivity index (χ3n) is 1.33. The second-order valence-corrected chi connectivity index (χ2v) is 3.97. The van der Waals surface area contributed by atoms with Crippen molar-refractivity contribution in [3.05, 3.63) is 24.3 Å². The fraction of sp³-hybridized carbons (Fsp3) is 0.600. The Balaban J connectivity index is 0.000000292. The second-order valence-electron chi connectivity index (χ2n) is 2.41. The van der Waals surface area contributed by atoms with Crippen LogP contribution in [0.2, 0.25) is 10.8 Å². The molecule has 0 aromatic carbocycles. The van der Waals surface area contributed by atoms with E-state index in [2.05, 4.69) is 35.1 Å². The topological polar surface area (TPSA) is 0 Å². The summed E-state index contributed by atoms with van der Waals surface area (Å²) in [5.74, 6) is 0. The zero-order chi connectivity index (χ0) is 8.36. The summed E-state index contributed by atoms with van der Waals surface area (Å²) >= 11 is 0.950. The summed E-state index contributed by atoms with van der Waals surface area (Å²) in [7, 11) is 0. The average Bonchev–Trinajstić information content (AvgIpc) is 1.86. The van der Waals surface area contributed by atoms with Crippen molar-refractivity contribution in [1.82, 2.24) is 0 Å². The first-order chi connectivity index (χ1) is 5.41. The molecule has 0 aromatic rings. The molecule has 0 fully saturated rings. The summed E-state index contributed by atoms with van der Waals surface area (Å²) in [5, 5.41) is 4.35. The Morgan fingerprint density at radius 2 is 0.909 bits per heavy atom. The van der Waals surface area contributed by atoms with E-state index >= 15 is 0 Å². The minimum atomic E-state index is 0.950. The Kier molecular flexibility index (Phi) is 10.3. The van der Waals surface area contributed by atoms with Crippen molar-refractivity contribution in [2.45, 2.75) is 36.5 Å². The van der Waals surface area contributed by atoms with Gasteiger partial charge in [-0.05, 0) is 25.7 Å². The fourth-order valence-corrected chi connectivity index (χ4v) is 0.856. The van der Waals surface area contributed by atoms with Crippen molar-refractivity contribution in [1.29, 1.82) is 0 Å². The van der Waals surface area contributed by atoms with Crippen LogP contribution in [0, 0.1) is 0 Å². The van der Waals surface area contributed by atoms with E-state index in [1.54, 1.807) is 0 Å². The van der Waals surface area contributed by atoms with E-state index in [1.807, 2.05) is 0 Å². The van der Waals surface area contributed by atoms with Crippen molar-refractivity contribution < 1.29 is 18.0 Å². The Morgan fingerprint density at radius 1 is 0.727 bits per heavy atom. The van der Waals surface area contributed by atoms with Gasteiger partial charge in [-0.15, -0.1) is 0 Å². The molecule has 11 heavy (non-hydrogen) atoms. The van der Waals surface area contributed by atoms with Crippen LogP contribution < -0.4 is 0 Å². The number of hydrogen-bond donors (Lipinski definition) is 0. The van der Waals surface area contributed by atoms with Crippen LogP contribution in [0.25, 0.3) is 0 Å². The zero-order valence-electron chi connectivity index (χ0n) is 7.45. The monoisotopic (exact) mass is 244 g/mol. The molecule has 0 aliphatic heterocycles. The van der Waals surface area contributed by atoms with Crippen molar-refractivity contribution in [3.63, 3.8) is 0 Å². The van der Waals surface area contributed by atoms with Crippen molar-refractivity contribution in [2.24, 2.45) is 0 Å². The van der Waals surface area contributed by atoms with Crippen LogP contribution in [0.4, 0.5) is 0 Å². The third-order valence-corrected chi connectivity index (χ3v) is 1.33. The first-order valence-electron chi connectivity index (χ1n) is 3.93. The van der Waals surface area contributed by atoms with E-state index in [-0.39, 0.29) is 0 Å². The van der Waals surface area contributed by atoms with Crippen LogP contribution in [0.5, 0.6) is 0 Å². The van der Waals surface area contributed by atoms with Gasteiger partial charge in [0, 0.05) is 0 Å². The molecule has 0 unspecified atom stereocenters. The summed E-state index contributed by atoms with van der Waals surface area (Å²) in [6.45, 7) is 0. The van der Waals surface area contributed by atoms with Crippen molar-refractivity contribution in [3.8, 4) is 0 Å². The Hall–Kier alpha value is 0.142. The molecular formula is C10H18Pd. The standard InChI is InChI=1S/C8H12.2CH3.Pd/c1-2-4-6-8-7-5-3-1;;;/h1-2,7-8H,3-6H2;2*1H3;/b2-1-,8-7-;;;. The number of allylic oxidation sites excluding steroid dienone is 4. The van der Waals surface area contributed by atoms with Crippen molar-refractivity contribution >= 4 is 0 Å². The van der Waals surface area contributed by atoms with Crippen LogP contribution in [-0.2, 0) is 18.0 Å².